The van der Waals surface area contributed by atoms with Crippen LogP contribution in [-0.4, -0.2) is 70.0 Å². The lowest BCUT2D eigenvalue weighted by atomic mass is 10.0. The van der Waals surface area contributed by atoms with Gasteiger partial charge in [-0.1, -0.05) is 279 Å². The number of hydrogen-bond acceptors (Lipinski definition) is 8. The average Bonchev–Trinajstić information content (AvgIpc) is 3.42. The van der Waals surface area contributed by atoms with Crippen LogP contribution < -0.4 is 4.89 Å². The first-order valence-corrected chi connectivity index (χ1v) is 34.8. The van der Waals surface area contributed by atoms with E-state index in [2.05, 4.69) is 98.9 Å². The molecule has 0 aromatic rings. The quantitative estimate of drug-likeness (QED) is 0.0195. The predicted molar refractivity (Wildman–Crippen MR) is 342 cm³/mol. The number of phosphoric acid groups is 1. The normalized spacial score (nSPS) is 13.7. The van der Waals surface area contributed by atoms with E-state index in [0.717, 1.165) is 83.5 Å². The van der Waals surface area contributed by atoms with E-state index in [9.17, 15) is 19.0 Å². The molecule has 80 heavy (non-hydrogen) atoms. The highest BCUT2D eigenvalue weighted by Crippen LogP contribution is 2.38. The second-order valence-corrected chi connectivity index (χ2v) is 24.9. The van der Waals surface area contributed by atoms with Crippen molar-refractivity contribution in [2.24, 2.45) is 0 Å². The van der Waals surface area contributed by atoms with Gasteiger partial charge in [0.1, 0.15) is 19.8 Å². The SMILES string of the molecule is CC/C=C\C/C=C\C/C=C\C/C=C\CCCCCCCCCCCCCCCCCCCCC(=O)OC(COC(=O)CCCCCCCCCCCC/C=C\C/C=C\C/C=C\CCCCCCC)COP(=O)([O-])OCC[N+](C)(C)C. The summed E-state index contributed by atoms with van der Waals surface area (Å²) in [6.45, 7) is 4.14. The molecule has 0 aliphatic rings. The summed E-state index contributed by atoms with van der Waals surface area (Å²) >= 11 is 0. The smallest absolute Gasteiger partial charge is 0.306 e. The van der Waals surface area contributed by atoms with Gasteiger partial charge < -0.3 is 27.9 Å². The molecule has 0 aliphatic heterocycles. The van der Waals surface area contributed by atoms with Gasteiger partial charge in [-0.15, -0.1) is 0 Å². The summed E-state index contributed by atoms with van der Waals surface area (Å²) in [6, 6.07) is 0. The van der Waals surface area contributed by atoms with Crippen molar-refractivity contribution in [3.63, 3.8) is 0 Å². The third kappa shape index (κ3) is 64.4. The van der Waals surface area contributed by atoms with Crippen molar-refractivity contribution >= 4 is 19.8 Å². The first kappa shape index (κ1) is 77.2. The van der Waals surface area contributed by atoms with Crippen LogP contribution in [0, 0.1) is 0 Å². The highest BCUT2D eigenvalue weighted by molar-refractivity contribution is 7.45. The van der Waals surface area contributed by atoms with Crippen LogP contribution in [0.25, 0.3) is 0 Å². The largest absolute Gasteiger partial charge is 0.756 e. The van der Waals surface area contributed by atoms with Crippen LogP contribution in [0.15, 0.2) is 85.1 Å². The highest BCUT2D eigenvalue weighted by atomic mass is 31.2. The Morgan fingerprint density at radius 1 is 0.400 bits per heavy atom. The van der Waals surface area contributed by atoms with Crippen LogP contribution in [0.5, 0.6) is 0 Å². The monoisotopic (exact) mass is 1140 g/mol. The fourth-order valence-electron chi connectivity index (χ4n) is 9.30. The van der Waals surface area contributed by atoms with Gasteiger partial charge in [-0.05, 0) is 89.9 Å². The predicted octanol–water partition coefficient (Wildman–Crippen LogP) is 20.7. The molecule has 0 radical (unpaired) electrons. The molecule has 0 N–H and O–H groups in total. The number of allylic oxidation sites excluding steroid dienone is 14. The lowest BCUT2D eigenvalue weighted by Gasteiger charge is -2.28. The van der Waals surface area contributed by atoms with Crippen molar-refractivity contribution in [3.05, 3.63) is 85.1 Å². The number of esters is 2. The molecule has 0 heterocycles. The number of phosphoric ester groups is 1. The van der Waals surface area contributed by atoms with Crippen LogP contribution in [-0.2, 0) is 32.7 Å². The summed E-state index contributed by atoms with van der Waals surface area (Å²) in [4.78, 5) is 38.0. The zero-order valence-electron chi connectivity index (χ0n) is 52.8. The fourth-order valence-corrected chi connectivity index (χ4v) is 10.0. The van der Waals surface area contributed by atoms with Gasteiger partial charge in [0, 0.05) is 12.8 Å². The summed E-state index contributed by atoms with van der Waals surface area (Å²) in [5.74, 6) is -0.829. The number of unbranched alkanes of at least 4 members (excludes halogenated alkanes) is 33. The summed E-state index contributed by atoms with van der Waals surface area (Å²) in [5.41, 5.74) is 0. The molecule has 2 atom stereocenters. The number of likely N-dealkylation sites (N-methyl/N-ethyl adjacent to an activating group) is 1. The number of carbonyl (C=O) groups is 2. The maximum Gasteiger partial charge on any atom is 0.306 e. The Kier molecular flexibility index (Phi) is 58.6. The average molecular weight is 1140 g/mol. The van der Waals surface area contributed by atoms with Gasteiger partial charge in [-0.2, -0.15) is 0 Å². The zero-order chi connectivity index (χ0) is 58.4. The molecule has 0 amide bonds. The summed E-state index contributed by atoms with van der Waals surface area (Å²) in [5, 5.41) is 0. The van der Waals surface area contributed by atoms with Crippen molar-refractivity contribution < 1.29 is 42.1 Å². The third-order valence-electron chi connectivity index (χ3n) is 14.4. The molecule has 0 bridgehead atoms. The topological polar surface area (TPSA) is 111 Å². The number of hydrogen-bond donors (Lipinski definition) is 0. The van der Waals surface area contributed by atoms with Crippen molar-refractivity contribution in [1.29, 1.82) is 0 Å². The van der Waals surface area contributed by atoms with Crippen molar-refractivity contribution in [1.82, 2.24) is 0 Å². The first-order chi connectivity index (χ1) is 39.0. The molecule has 0 fully saturated rings. The number of rotatable bonds is 61. The molecular weight excluding hydrogens is 1010 g/mol. The molecule has 464 valence electrons. The molecule has 0 saturated heterocycles. The standard InChI is InChI=1S/C70H126NO8P/c1-6-8-10-12-14-16-18-20-22-24-26-28-30-32-33-34-35-36-37-39-41-43-45-47-49-51-53-55-57-59-61-63-70(73)79-68(67-78-80(74,75)77-65-64-71(3,4)5)66-76-69(72)62-60-58-56-54-52-50-48-46-44-42-40-38-31-29-27-25-23-21-19-17-15-13-11-9-7-2/h8,10,14,16,19-22,25-28,31,38,68H,6-7,9,11-13,15,17-18,23-24,29-30,32-37,39-67H2,1-5H3/b10-8-,16-14-,21-19-,22-20-,27-25-,28-26-,38-31-. The second-order valence-electron chi connectivity index (χ2n) is 23.5. The Hall–Kier alpha value is -2.81. The Labute approximate surface area is 494 Å². The number of carbonyl (C=O) groups excluding carboxylic acids is 2. The van der Waals surface area contributed by atoms with E-state index in [1.807, 2.05) is 21.1 Å². The summed E-state index contributed by atoms with van der Waals surface area (Å²) < 4.78 is 34.3. The second kappa shape index (κ2) is 60.8. The molecule has 9 nitrogen and oxygen atoms in total. The molecule has 0 aromatic carbocycles. The van der Waals surface area contributed by atoms with Crippen LogP contribution in [0.1, 0.15) is 296 Å². The maximum atomic E-state index is 12.9. The van der Waals surface area contributed by atoms with E-state index in [-0.39, 0.29) is 32.0 Å². The minimum atomic E-state index is -4.64. The minimum absolute atomic E-state index is 0.0331. The van der Waals surface area contributed by atoms with Crippen LogP contribution >= 0.6 is 7.82 Å². The van der Waals surface area contributed by atoms with Gasteiger partial charge in [-0.25, -0.2) is 0 Å². The maximum absolute atomic E-state index is 12.9. The van der Waals surface area contributed by atoms with Crippen molar-refractivity contribution in [2.75, 3.05) is 47.5 Å². The Balaban J connectivity index is 4.07. The van der Waals surface area contributed by atoms with Crippen LogP contribution in [0.3, 0.4) is 0 Å². The number of nitrogens with zero attached hydrogens (tertiary/aromatic N) is 1. The molecular formula is C70H126NO8P. The Morgan fingerprint density at radius 2 is 0.713 bits per heavy atom. The van der Waals surface area contributed by atoms with Gasteiger partial charge in [0.25, 0.3) is 7.82 Å². The third-order valence-corrected chi connectivity index (χ3v) is 15.4. The molecule has 0 aromatic heterocycles. The van der Waals surface area contributed by atoms with Crippen molar-refractivity contribution in [3.8, 4) is 0 Å². The number of quaternary nitrogens is 1. The molecule has 2 unspecified atom stereocenters. The van der Waals surface area contributed by atoms with Gasteiger partial charge in [0.15, 0.2) is 6.10 Å². The summed E-state index contributed by atoms with van der Waals surface area (Å²) in [7, 11) is 1.17. The molecule has 0 rings (SSSR count). The molecule has 0 aliphatic carbocycles. The van der Waals surface area contributed by atoms with Gasteiger partial charge in [0.05, 0.1) is 27.7 Å². The van der Waals surface area contributed by atoms with E-state index in [1.165, 1.54) is 180 Å². The van der Waals surface area contributed by atoms with E-state index in [0.29, 0.717) is 17.4 Å². The highest BCUT2D eigenvalue weighted by Gasteiger charge is 2.22. The first-order valence-electron chi connectivity index (χ1n) is 33.3. The fraction of sp³-hybridized carbons (Fsp3) is 0.771. The molecule has 0 spiro atoms. The zero-order valence-corrected chi connectivity index (χ0v) is 53.7. The lowest BCUT2D eigenvalue weighted by molar-refractivity contribution is -0.870. The van der Waals surface area contributed by atoms with Crippen molar-refractivity contribution in [2.45, 2.75) is 302 Å². The van der Waals surface area contributed by atoms with Gasteiger partial charge >= 0.3 is 11.9 Å². The van der Waals surface area contributed by atoms with E-state index in [4.69, 9.17) is 18.5 Å². The molecule has 0 saturated carbocycles. The number of ether oxygens (including phenoxy) is 2. The summed E-state index contributed by atoms with van der Waals surface area (Å²) in [6.07, 6.45) is 82.2. The minimum Gasteiger partial charge on any atom is -0.756 e. The van der Waals surface area contributed by atoms with Gasteiger partial charge in [0.2, 0.25) is 0 Å². The van der Waals surface area contributed by atoms with Crippen LogP contribution in [0.4, 0.5) is 0 Å². The van der Waals surface area contributed by atoms with Crippen LogP contribution in [0.2, 0.25) is 0 Å². The Morgan fingerprint density at radius 3 is 1.06 bits per heavy atom. The lowest BCUT2D eigenvalue weighted by Crippen LogP contribution is -2.37. The van der Waals surface area contributed by atoms with E-state index >= 15 is 0 Å². The van der Waals surface area contributed by atoms with Gasteiger partial charge in [-0.3, -0.25) is 14.2 Å². The van der Waals surface area contributed by atoms with E-state index in [1.54, 1.807) is 0 Å². The van der Waals surface area contributed by atoms with E-state index < -0.39 is 26.5 Å². The molecule has 10 heteroatoms. The Bertz CT molecular complexity index is 1630.